The van der Waals surface area contributed by atoms with Crippen molar-refractivity contribution in [1.29, 1.82) is 0 Å². The summed E-state index contributed by atoms with van der Waals surface area (Å²) in [4.78, 5) is 14.5. The summed E-state index contributed by atoms with van der Waals surface area (Å²) in [5.74, 6) is 0.226. The lowest BCUT2D eigenvalue weighted by atomic mass is 10.2. The molecular weight excluding hydrogens is 202 g/mol. The number of halogens is 1. The highest BCUT2D eigenvalue weighted by Gasteiger charge is 2.00. The van der Waals surface area contributed by atoms with Crippen molar-refractivity contribution < 1.29 is 4.79 Å². The van der Waals surface area contributed by atoms with Crippen molar-refractivity contribution in [3.63, 3.8) is 0 Å². The zero-order valence-corrected chi connectivity index (χ0v) is 8.70. The molecular formula is C9H14ClN3O. The van der Waals surface area contributed by atoms with Crippen molar-refractivity contribution in [3.8, 4) is 0 Å². The van der Waals surface area contributed by atoms with Crippen LogP contribution in [0.15, 0.2) is 12.5 Å². The third kappa shape index (κ3) is 3.38. The fraction of sp³-hybridized carbons (Fsp3) is 0.556. The number of hydrogen-bond donors (Lipinski definition) is 1. The molecule has 1 amide bonds. The van der Waals surface area contributed by atoms with Crippen LogP contribution in [-0.4, -0.2) is 15.5 Å². The van der Waals surface area contributed by atoms with Gasteiger partial charge in [-0.05, 0) is 12.8 Å². The Hall–Kier alpha value is -1.03. The third-order valence-electron chi connectivity index (χ3n) is 2.01. The first-order valence-corrected chi connectivity index (χ1v) is 5.10. The van der Waals surface area contributed by atoms with Gasteiger partial charge in [0.15, 0.2) is 0 Å². The van der Waals surface area contributed by atoms with Gasteiger partial charge in [-0.25, -0.2) is 4.98 Å². The Morgan fingerprint density at radius 2 is 2.36 bits per heavy atom. The van der Waals surface area contributed by atoms with E-state index in [1.807, 2.05) is 4.57 Å². The number of amides is 1. The van der Waals surface area contributed by atoms with Gasteiger partial charge in [0, 0.05) is 19.2 Å². The van der Waals surface area contributed by atoms with Crippen LogP contribution in [0.25, 0.3) is 0 Å². The van der Waals surface area contributed by atoms with E-state index >= 15 is 0 Å². The summed E-state index contributed by atoms with van der Waals surface area (Å²) in [5, 5.41) is 0. The number of rotatable bonds is 6. The molecule has 0 fully saturated rings. The van der Waals surface area contributed by atoms with Crippen LogP contribution in [0.2, 0.25) is 0 Å². The van der Waals surface area contributed by atoms with Crippen LogP contribution in [0.3, 0.4) is 0 Å². The minimum atomic E-state index is -0.242. The quantitative estimate of drug-likeness (QED) is 0.574. The summed E-state index contributed by atoms with van der Waals surface area (Å²) in [7, 11) is 0. The average Bonchev–Trinajstić information content (AvgIpc) is 2.59. The number of imidazole rings is 1. The number of carbonyl (C=O) groups excluding carboxylic acids is 1. The van der Waals surface area contributed by atoms with Crippen molar-refractivity contribution in [1.82, 2.24) is 9.55 Å². The van der Waals surface area contributed by atoms with Gasteiger partial charge in [0.05, 0.1) is 17.9 Å². The number of unbranched alkanes of at least 4 members (excludes halogenated alkanes) is 1. The second-order valence-electron chi connectivity index (χ2n) is 3.14. The second kappa shape index (κ2) is 5.65. The maximum Gasteiger partial charge on any atom is 0.217 e. The van der Waals surface area contributed by atoms with Crippen molar-refractivity contribution in [2.75, 3.05) is 0 Å². The van der Waals surface area contributed by atoms with Crippen molar-refractivity contribution >= 4 is 17.5 Å². The molecule has 0 unspecified atom stereocenters. The van der Waals surface area contributed by atoms with E-state index in [2.05, 4.69) is 4.98 Å². The number of carbonyl (C=O) groups is 1. The van der Waals surface area contributed by atoms with Crippen LogP contribution in [0.4, 0.5) is 0 Å². The van der Waals surface area contributed by atoms with Crippen LogP contribution in [0.5, 0.6) is 0 Å². The van der Waals surface area contributed by atoms with Gasteiger partial charge >= 0.3 is 0 Å². The number of primary amides is 1. The molecule has 0 radical (unpaired) electrons. The molecule has 0 aliphatic heterocycles. The fourth-order valence-corrected chi connectivity index (χ4v) is 1.46. The lowest BCUT2D eigenvalue weighted by Crippen LogP contribution is -2.10. The number of aryl methyl sites for hydroxylation is 1. The van der Waals surface area contributed by atoms with Gasteiger partial charge in [0.1, 0.15) is 0 Å². The highest BCUT2D eigenvalue weighted by atomic mass is 35.5. The molecule has 0 bridgehead atoms. The van der Waals surface area contributed by atoms with E-state index in [0.717, 1.165) is 25.1 Å². The highest BCUT2D eigenvalue weighted by Crippen LogP contribution is 2.06. The number of nitrogens with zero attached hydrogens (tertiary/aromatic N) is 2. The fourth-order valence-electron chi connectivity index (χ4n) is 1.24. The van der Waals surface area contributed by atoms with E-state index in [0.29, 0.717) is 12.3 Å². The van der Waals surface area contributed by atoms with E-state index in [1.54, 1.807) is 12.5 Å². The standard InChI is InChI=1S/C9H14ClN3O/c10-5-8-6-12-7-13(8)4-2-1-3-9(11)14/h6-7H,1-5H2,(H2,11,14). The van der Waals surface area contributed by atoms with Gasteiger partial charge < -0.3 is 10.3 Å². The largest absolute Gasteiger partial charge is 0.370 e. The predicted octanol–water partition coefficient (Wildman–Crippen LogP) is 1.28. The zero-order valence-electron chi connectivity index (χ0n) is 7.95. The Bertz CT molecular complexity index is 298. The Kier molecular flexibility index (Phi) is 4.46. The zero-order chi connectivity index (χ0) is 10.4. The molecule has 0 aromatic carbocycles. The second-order valence-corrected chi connectivity index (χ2v) is 3.40. The lowest BCUT2D eigenvalue weighted by molar-refractivity contribution is -0.118. The molecule has 0 aliphatic carbocycles. The van der Waals surface area contributed by atoms with E-state index in [9.17, 15) is 4.79 Å². The summed E-state index contributed by atoms with van der Waals surface area (Å²) in [6, 6.07) is 0. The molecule has 2 N–H and O–H groups in total. The van der Waals surface area contributed by atoms with Crippen LogP contribution in [0, 0.1) is 0 Å². The van der Waals surface area contributed by atoms with E-state index in [4.69, 9.17) is 17.3 Å². The molecule has 5 heteroatoms. The summed E-state index contributed by atoms with van der Waals surface area (Å²) >= 11 is 5.70. The predicted molar refractivity (Wildman–Crippen MR) is 54.8 cm³/mol. The SMILES string of the molecule is NC(=O)CCCCn1cncc1CCl. The number of alkyl halides is 1. The lowest BCUT2D eigenvalue weighted by Gasteiger charge is -2.04. The monoisotopic (exact) mass is 215 g/mol. The Balaban J connectivity index is 2.27. The highest BCUT2D eigenvalue weighted by molar-refractivity contribution is 6.16. The van der Waals surface area contributed by atoms with E-state index in [1.165, 1.54) is 0 Å². The van der Waals surface area contributed by atoms with Crippen LogP contribution in [-0.2, 0) is 17.2 Å². The molecule has 1 heterocycles. The van der Waals surface area contributed by atoms with Crippen molar-refractivity contribution in [3.05, 3.63) is 18.2 Å². The Labute approximate surface area is 88.1 Å². The van der Waals surface area contributed by atoms with Gasteiger partial charge in [-0.2, -0.15) is 0 Å². The molecule has 1 rings (SSSR count). The van der Waals surface area contributed by atoms with Crippen molar-refractivity contribution in [2.24, 2.45) is 5.73 Å². The number of aromatic nitrogens is 2. The molecule has 1 aromatic heterocycles. The molecule has 0 saturated heterocycles. The van der Waals surface area contributed by atoms with Gasteiger partial charge in [-0.15, -0.1) is 11.6 Å². The van der Waals surface area contributed by atoms with Crippen LogP contribution >= 0.6 is 11.6 Å². The molecule has 0 aliphatic rings. The minimum Gasteiger partial charge on any atom is -0.370 e. The van der Waals surface area contributed by atoms with Crippen LogP contribution < -0.4 is 5.73 Å². The summed E-state index contributed by atoms with van der Waals surface area (Å²) in [5.41, 5.74) is 6.03. The molecule has 0 atom stereocenters. The normalized spacial score (nSPS) is 10.4. The number of hydrogen-bond acceptors (Lipinski definition) is 2. The Morgan fingerprint density at radius 1 is 1.57 bits per heavy atom. The minimum absolute atomic E-state index is 0.242. The third-order valence-corrected chi connectivity index (χ3v) is 2.28. The van der Waals surface area contributed by atoms with Gasteiger partial charge in [0.25, 0.3) is 0 Å². The molecule has 4 nitrogen and oxygen atoms in total. The molecule has 0 saturated carbocycles. The summed E-state index contributed by atoms with van der Waals surface area (Å²) < 4.78 is 1.99. The topological polar surface area (TPSA) is 60.9 Å². The maximum absolute atomic E-state index is 10.5. The smallest absolute Gasteiger partial charge is 0.217 e. The van der Waals surface area contributed by atoms with Crippen LogP contribution in [0.1, 0.15) is 25.0 Å². The van der Waals surface area contributed by atoms with E-state index < -0.39 is 0 Å². The first kappa shape index (κ1) is 11.0. The maximum atomic E-state index is 10.5. The summed E-state index contributed by atoms with van der Waals surface area (Å²) in [6.45, 7) is 0.843. The first-order chi connectivity index (χ1) is 6.74. The molecule has 78 valence electrons. The molecule has 1 aromatic rings. The van der Waals surface area contributed by atoms with Gasteiger partial charge in [-0.1, -0.05) is 0 Å². The Morgan fingerprint density at radius 3 is 3.00 bits per heavy atom. The van der Waals surface area contributed by atoms with Gasteiger partial charge in [0.2, 0.25) is 5.91 Å². The van der Waals surface area contributed by atoms with Crippen molar-refractivity contribution in [2.45, 2.75) is 31.7 Å². The summed E-state index contributed by atoms with van der Waals surface area (Å²) in [6.07, 6.45) is 5.69. The average molecular weight is 216 g/mol. The van der Waals surface area contributed by atoms with Gasteiger partial charge in [-0.3, -0.25) is 4.79 Å². The molecule has 14 heavy (non-hydrogen) atoms. The van der Waals surface area contributed by atoms with E-state index in [-0.39, 0.29) is 5.91 Å². The molecule has 0 spiro atoms. The number of nitrogens with two attached hydrogens (primary N) is 1. The first-order valence-electron chi connectivity index (χ1n) is 4.57.